The van der Waals surface area contributed by atoms with E-state index in [-0.39, 0.29) is 30.4 Å². The third-order valence-corrected chi connectivity index (χ3v) is 5.40. The van der Waals surface area contributed by atoms with Gasteiger partial charge in [-0.15, -0.1) is 0 Å². The van der Waals surface area contributed by atoms with Gasteiger partial charge in [0.2, 0.25) is 5.91 Å². The number of carbonyl (C=O) groups excluding carboxylic acids is 2. The Morgan fingerprint density at radius 3 is 2.67 bits per heavy atom. The molecule has 3 aliphatic rings. The lowest BCUT2D eigenvalue weighted by Crippen LogP contribution is -2.49. The highest BCUT2D eigenvalue weighted by Gasteiger charge is 2.44. The summed E-state index contributed by atoms with van der Waals surface area (Å²) in [6.45, 7) is 6.95. The van der Waals surface area contributed by atoms with Crippen LogP contribution in [0.25, 0.3) is 0 Å². The van der Waals surface area contributed by atoms with Crippen LogP contribution in [0.4, 0.5) is 10.5 Å². The number of fused-ring (bicyclic) bond motifs is 1. The van der Waals surface area contributed by atoms with Crippen LogP contribution in [0.3, 0.4) is 0 Å². The van der Waals surface area contributed by atoms with Crippen molar-refractivity contribution >= 4 is 17.7 Å². The first-order valence-electron chi connectivity index (χ1n) is 9.51. The molecule has 8 heteroatoms. The average Bonchev–Trinajstić information content (AvgIpc) is 3.26. The van der Waals surface area contributed by atoms with E-state index in [1.807, 2.05) is 25.5 Å². The van der Waals surface area contributed by atoms with Gasteiger partial charge in [0.15, 0.2) is 0 Å². The van der Waals surface area contributed by atoms with Crippen molar-refractivity contribution in [3.63, 3.8) is 0 Å². The fraction of sp³-hybridized carbons (Fsp3) is 0.684. The van der Waals surface area contributed by atoms with Gasteiger partial charge in [-0.3, -0.25) is 14.4 Å². The maximum atomic E-state index is 12.8. The zero-order valence-electron chi connectivity index (χ0n) is 16.0. The Morgan fingerprint density at radius 2 is 2.07 bits per heavy atom. The molecule has 0 N–H and O–H groups in total. The van der Waals surface area contributed by atoms with Gasteiger partial charge >= 0.3 is 6.09 Å². The quantitative estimate of drug-likeness (QED) is 0.795. The first-order valence-corrected chi connectivity index (χ1v) is 9.51. The van der Waals surface area contributed by atoms with Gasteiger partial charge in [-0.1, -0.05) is 0 Å². The van der Waals surface area contributed by atoms with Gasteiger partial charge in [-0.2, -0.15) is 10.4 Å². The molecule has 3 heterocycles. The van der Waals surface area contributed by atoms with Crippen LogP contribution in [0.2, 0.25) is 0 Å². The van der Waals surface area contributed by atoms with E-state index in [2.05, 4.69) is 11.2 Å². The lowest BCUT2D eigenvalue weighted by Gasteiger charge is -2.38. The summed E-state index contributed by atoms with van der Waals surface area (Å²) in [5.41, 5.74) is 0.988. The molecular weight excluding hydrogens is 346 g/mol. The second kappa shape index (κ2) is 6.25. The minimum absolute atomic E-state index is 0.0644. The van der Waals surface area contributed by atoms with Crippen molar-refractivity contribution in [1.82, 2.24) is 14.7 Å². The Morgan fingerprint density at radius 1 is 1.33 bits per heavy atom. The van der Waals surface area contributed by atoms with Crippen LogP contribution in [-0.2, 0) is 22.6 Å². The van der Waals surface area contributed by atoms with Crippen LogP contribution >= 0.6 is 0 Å². The molecule has 2 unspecified atom stereocenters. The van der Waals surface area contributed by atoms with E-state index >= 15 is 0 Å². The predicted octanol–water partition coefficient (Wildman–Crippen LogP) is 2.29. The maximum Gasteiger partial charge on any atom is 0.410 e. The van der Waals surface area contributed by atoms with Crippen molar-refractivity contribution in [3.05, 3.63) is 11.9 Å². The van der Waals surface area contributed by atoms with Gasteiger partial charge in [-0.05, 0) is 39.5 Å². The largest absolute Gasteiger partial charge is 0.444 e. The lowest BCUT2D eigenvalue weighted by atomic mass is 10.1. The first kappa shape index (κ1) is 17.8. The smallest absolute Gasteiger partial charge is 0.410 e. The van der Waals surface area contributed by atoms with E-state index in [9.17, 15) is 9.59 Å². The Labute approximate surface area is 158 Å². The van der Waals surface area contributed by atoms with Crippen molar-refractivity contribution in [2.45, 2.75) is 64.8 Å². The number of hydrogen-bond acceptors (Lipinski definition) is 5. The Bertz CT molecular complexity index is 814. The second-order valence-corrected chi connectivity index (χ2v) is 8.71. The zero-order valence-corrected chi connectivity index (χ0v) is 16.0. The maximum absolute atomic E-state index is 12.8. The van der Waals surface area contributed by atoms with Gasteiger partial charge in [0.05, 0.1) is 48.7 Å². The van der Waals surface area contributed by atoms with E-state index in [0.29, 0.717) is 31.2 Å². The lowest BCUT2D eigenvalue weighted by molar-refractivity contribution is -0.117. The minimum Gasteiger partial charge on any atom is -0.444 e. The number of rotatable bonds is 2. The molecular formula is C19H25N5O3. The highest BCUT2D eigenvalue weighted by Crippen LogP contribution is 2.40. The Balaban J connectivity index is 1.62. The molecule has 0 aromatic carbocycles. The monoisotopic (exact) mass is 371 g/mol. The molecule has 1 aliphatic carbocycles. The standard InChI is InChI=1S/C19H25N5O3/c1-19(2,3)27-18(26)23-10-16-14(22-9-12(7-20)6-17(22)25)8-21-24(16)11-15(23)13-4-5-13/h8,12-13,15H,4-6,9-11H2,1-3H3. The Hall–Kier alpha value is -2.56. The number of amides is 2. The number of aromatic nitrogens is 2. The van der Waals surface area contributed by atoms with Gasteiger partial charge in [-0.25, -0.2) is 4.79 Å². The van der Waals surface area contributed by atoms with Crippen molar-refractivity contribution in [2.75, 3.05) is 11.4 Å². The molecule has 0 bridgehead atoms. The molecule has 144 valence electrons. The van der Waals surface area contributed by atoms with E-state index in [0.717, 1.165) is 18.5 Å². The fourth-order valence-corrected chi connectivity index (χ4v) is 3.93. The number of nitrogens with zero attached hydrogens (tertiary/aromatic N) is 5. The van der Waals surface area contributed by atoms with Crippen LogP contribution in [0, 0.1) is 23.2 Å². The highest BCUT2D eigenvalue weighted by molar-refractivity contribution is 5.96. The molecule has 2 aliphatic heterocycles. The first-order chi connectivity index (χ1) is 12.8. The van der Waals surface area contributed by atoms with Gasteiger partial charge < -0.3 is 9.64 Å². The van der Waals surface area contributed by atoms with Gasteiger partial charge in [0, 0.05) is 13.0 Å². The third-order valence-electron chi connectivity index (χ3n) is 5.40. The highest BCUT2D eigenvalue weighted by atomic mass is 16.6. The summed E-state index contributed by atoms with van der Waals surface area (Å²) >= 11 is 0. The molecule has 1 saturated carbocycles. The summed E-state index contributed by atoms with van der Waals surface area (Å²) in [5.74, 6) is 0.123. The van der Waals surface area contributed by atoms with Crippen molar-refractivity contribution in [2.24, 2.45) is 11.8 Å². The predicted molar refractivity (Wildman–Crippen MR) is 96.6 cm³/mol. The number of anilines is 1. The molecule has 1 aromatic heterocycles. The number of nitriles is 1. The summed E-state index contributed by atoms with van der Waals surface area (Å²) in [5, 5.41) is 13.6. The molecule has 4 rings (SSSR count). The Kier molecular flexibility index (Phi) is 4.13. The van der Waals surface area contributed by atoms with Crippen LogP contribution < -0.4 is 4.90 Å². The molecule has 8 nitrogen and oxygen atoms in total. The summed E-state index contributed by atoms with van der Waals surface area (Å²) in [6, 6.07) is 2.25. The van der Waals surface area contributed by atoms with E-state index in [1.54, 1.807) is 16.0 Å². The van der Waals surface area contributed by atoms with Crippen molar-refractivity contribution in [3.8, 4) is 6.07 Å². The van der Waals surface area contributed by atoms with Crippen LogP contribution in [0.15, 0.2) is 6.20 Å². The zero-order chi connectivity index (χ0) is 19.3. The summed E-state index contributed by atoms with van der Waals surface area (Å²) in [4.78, 5) is 28.6. The molecule has 0 spiro atoms. The SMILES string of the molecule is CC(C)(C)OC(=O)N1Cc2c(N3CC(C#N)CC3=O)cnn2CC1C1CC1. The normalized spacial score (nSPS) is 25.3. The summed E-state index contributed by atoms with van der Waals surface area (Å²) in [7, 11) is 0. The van der Waals surface area contributed by atoms with Gasteiger partial charge in [0.1, 0.15) is 5.60 Å². The number of carbonyl (C=O) groups is 2. The van der Waals surface area contributed by atoms with E-state index in [4.69, 9.17) is 10.00 Å². The molecule has 2 amide bonds. The van der Waals surface area contributed by atoms with Gasteiger partial charge in [0.25, 0.3) is 0 Å². The summed E-state index contributed by atoms with van der Waals surface area (Å²) in [6.07, 6.45) is 3.83. The second-order valence-electron chi connectivity index (χ2n) is 8.71. The topological polar surface area (TPSA) is 91.5 Å². The number of ether oxygens (including phenoxy) is 1. The molecule has 2 fully saturated rings. The molecule has 2 atom stereocenters. The van der Waals surface area contributed by atoms with E-state index < -0.39 is 5.60 Å². The van der Waals surface area contributed by atoms with E-state index in [1.165, 1.54) is 0 Å². The molecule has 0 radical (unpaired) electrons. The van der Waals surface area contributed by atoms with Crippen LogP contribution in [0.5, 0.6) is 0 Å². The van der Waals surface area contributed by atoms with Crippen molar-refractivity contribution < 1.29 is 14.3 Å². The van der Waals surface area contributed by atoms with Crippen molar-refractivity contribution in [1.29, 1.82) is 5.26 Å². The van der Waals surface area contributed by atoms with Crippen LogP contribution in [-0.4, -0.2) is 44.9 Å². The minimum atomic E-state index is -0.559. The summed E-state index contributed by atoms with van der Waals surface area (Å²) < 4.78 is 7.54. The molecule has 1 aromatic rings. The molecule has 27 heavy (non-hydrogen) atoms. The number of hydrogen-bond donors (Lipinski definition) is 0. The fourth-order valence-electron chi connectivity index (χ4n) is 3.93. The van der Waals surface area contributed by atoms with Crippen LogP contribution in [0.1, 0.15) is 45.7 Å². The third kappa shape index (κ3) is 3.38. The average molecular weight is 371 g/mol. The molecule has 1 saturated heterocycles.